The van der Waals surface area contributed by atoms with E-state index in [9.17, 15) is 4.79 Å². The van der Waals surface area contributed by atoms with Crippen LogP contribution in [0.1, 0.15) is 0 Å². The van der Waals surface area contributed by atoms with Gasteiger partial charge in [0.15, 0.2) is 0 Å². The van der Waals surface area contributed by atoms with Crippen LogP contribution in [0.4, 0.5) is 5.95 Å². The molecule has 2 heterocycles. The third kappa shape index (κ3) is 1.35. The molecule has 0 radical (unpaired) electrons. The van der Waals surface area contributed by atoms with Crippen molar-refractivity contribution >= 4 is 17.0 Å². The molecular formula is C8H8N4O. The molecule has 2 aromatic heterocycles. The largest absolute Gasteiger partial charge is 0.357 e. The summed E-state index contributed by atoms with van der Waals surface area (Å²) in [4.78, 5) is 21.7. The van der Waals surface area contributed by atoms with Gasteiger partial charge in [0.05, 0.1) is 0 Å². The van der Waals surface area contributed by atoms with Crippen molar-refractivity contribution in [3.05, 3.63) is 28.7 Å². The summed E-state index contributed by atoms with van der Waals surface area (Å²) in [6.07, 6.45) is 1.66. The number of aromatic amines is 1. The molecule has 0 fully saturated rings. The monoisotopic (exact) mass is 176 g/mol. The van der Waals surface area contributed by atoms with E-state index in [0.29, 0.717) is 11.6 Å². The van der Waals surface area contributed by atoms with Crippen LogP contribution in [0.25, 0.3) is 11.0 Å². The van der Waals surface area contributed by atoms with Crippen LogP contribution < -0.4 is 10.9 Å². The quantitative estimate of drug-likeness (QED) is 0.658. The second-order valence-corrected chi connectivity index (χ2v) is 2.57. The van der Waals surface area contributed by atoms with Crippen LogP contribution in [0.2, 0.25) is 0 Å². The molecule has 13 heavy (non-hydrogen) atoms. The van der Waals surface area contributed by atoms with E-state index in [1.165, 1.54) is 6.07 Å². The van der Waals surface area contributed by atoms with Gasteiger partial charge in [0.25, 0.3) is 0 Å². The van der Waals surface area contributed by atoms with E-state index < -0.39 is 0 Å². The van der Waals surface area contributed by atoms with Gasteiger partial charge < -0.3 is 10.3 Å². The number of H-pyrrole nitrogens is 1. The van der Waals surface area contributed by atoms with Crippen molar-refractivity contribution in [2.75, 3.05) is 12.4 Å². The fourth-order valence-corrected chi connectivity index (χ4v) is 1.06. The Morgan fingerprint density at radius 2 is 2.31 bits per heavy atom. The predicted molar refractivity (Wildman–Crippen MR) is 49.7 cm³/mol. The summed E-state index contributed by atoms with van der Waals surface area (Å²) in [6, 6.07) is 3.14. The maximum absolute atomic E-state index is 10.9. The first kappa shape index (κ1) is 7.72. The topological polar surface area (TPSA) is 70.7 Å². The van der Waals surface area contributed by atoms with Crippen LogP contribution in [-0.4, -0.2) is 22.0 Å². The van der Waals surface area contributed by atoms with E-state index in [1.54, 1.807) is 19.3 Å². The Morgan fingerprint density at radius 1 is 1.46 bits per heavy atom. The molecule has 2 rings (SSSR count). The van der Waals surface area contributed by atoms with Crippen molar-refractivity contribution < 1.29 is 0 Å². The molecule has 0 aromatic carbocycles. The first-order valence-corrected chi connectivity index (χ1v) is 3.83. The van der Waals surface area contributed by atoms with Crippen molar-refractivity contribution in [3.63, 3.8) is 0 Å². The van der Waals surface area contributed by atoms with E-state index in [2.05, 4.69) is 20.3 Å². The Bertz CT molecular complexity index is 491. The molecule has 0 aliphatic carbocycles. The molecule has 0 bridgehead atoms. The number of hydrogen-bond donors (Lipinski definition) is 2. The van der Waals surface area contributed by atoms with Crippen LogP contribution in [0.3, 0.4) is 0 Å². The summed E-state index contributed by atoms with van der Waals surface area (Å²) >= 11 is 0. The lowest BCUT2D eigenvalue weighted by atomic mass is 10.3. The van der Waals surface area contributed by atoms with Crippen LogP contribution in [0, 0.1) is 0 Å². The van der Waals surface area contributed by atoms with Crippen molar-refractivity contribution in [3.8, 4) is 0 Å². The fourth-order valence-electron chi connectivity index (χ4n) is 1.06. The van der Waals surface area contributed by atoms with Crippen LogP contribution in [0.15, 0.2) is 23.1 Å². The van der Waals surface area contributed by atoms with Gasteiger partial charge in [-0.15, -0.1) is 0 Å². The minimum Gasteiger partial charge on any atom is -0.357 e. The average Bonchev–Trinajstić information content (AvgIpc) is 2.16. The number of nitrogens with zero attached hydrogens (tertiary/aromatic N) is 2. The first-order valence-electron chi connectivity index (χ1n) is 3.83. The average molecular weight is 176 g/mol. The molecule has 5 heteroatoms. The Balaban J connectivity index is 2.75. The molecule has 2 aromatic rings. The minimum atomic E-state index is -0.159. The van der Waals surface area contributed by atoms with Gasteiger partial charge in [-0.3, -0.25) is 4.79 Å². The third-order valence-electron chi connectivity index (χ3n) is 1.70. The van der Waals surface area contributed by atoms with Gasteiger partial charge in [0.2, 0.25) is 11.5 Å². The maximum Gasteiger partial charge on any atom is 0.249 e. The second-order valence-electron chi connectivity index (χ2n) is 2.57. The molecule has 0 unspecified atom stereocenters. The minimum absolute atomic E-state index is 0.159. The maximum atomic E-state index is 10.9. The summed E-state index contributed by atoms with van der Waals surface area (Å²) in [7, 11) is 1.72. The Labute approximate surface area is 73.8 Å². The summed E-state index contributed by atoms with van der Waals surface area (Å²) < 4.78 is 0. The summed E-state index contributed by atoms with van der Waals surface area (Å²) in [5, 5.41) is 3.61. The van der Waals surface area contributed by atoms with Gasteiger partial charge in [-0.1, -0.05) is 0 Å². The summed E-state index contributed by atoms with van der Waals surface area (Å²) in [5.74, 6) is 0.495. The lowest BCUT2D eigenvalue weighted by Gasteiger charge is -1.98. The molecule has 0 amide bonds. The molecule has 66 valence electrons. The van der Waals surface area contributed by atoms with Crippen molar-refractivity contribution in [1.29, 1.82) is 0 Å². The lowest BCUT2D eigenvalue weighted by Crippen LogP contribution is -2.05. The van der Waals surface area contributed by atoms with Crippen LogP contribution in [-0.2, 0) is 0 Å². The van der Waals surface area contributed by atoms with Crippen molar-refractivity contribution in [2.24, 2.45) is 0 Å². The smallest absolute Gasteiger partial charge is 0.249 e. The van der Waals surface area contributed by atoms with E-state index in [0.717, 1.165) is 5.39 Å². The highest BCUT2D eigenvalue weighted by atomic mass is 16.1. The van der Waals surface area contributed by atoms with E-state index in [1.807, 2.05) is 0 Å². The van der Waals surface area contributed by atoms with Gasteiger partial charge >= 0.3 is 0 Å². The number of anilines is 1. The zero-order valence-electron chi connectivity index (χ0n) is 7.03. The molecule has 5 nitrogen and oxygen atoms in total. The van der Waals surface area contributed by atoms with Crippen molar-refractivity contribution in [2.45, 2.75) is 0 Å². The normalized spacial score (nSPS) is 10.2. The molecule has 0 atom stereocenters. The summed E-state index contributed by atoms with van der Waals surface area (Å²) in [5.41, 5.74) is 0.389. The number of hydrogen-bond acceptors (Lipinski definition) is 4. The highest BCUT2D eigenvalue weighted by Crippen LogP contribution is 2.06. The van der Waals surface area contributed by atoms with Gasteiger partial charge in [-0.2, -0.15) is 4.98 Å². The SMILES string of the molecule is CNc1ncc2ccc(=O)[nH]c2n1. The van der Waals surface area contributed by atoms with Gasteiger partial charge in [-0.25, -0.2) is 4.98 Å². The molecule has 0 aliphatic rings. The Morgan fingerprint density at radius 3 is 3.08 bits per heavy atom. The number of aromatic nitrogens is 3. The number of fused-ring (bicyclic) bond motifs is 1. The van der Waals surface area contributed by atoms with E-state index in [-0.39, 0.29) is 5.56 Å². The van der Waals surface area contributed by atoms with E-state index >= 15 is 0 Å². The van der Waals surface area contributed by atoms with Gasteiger partial charge in [0, 0.05) is 24.7 Å². The number of pyridine rings is 1. The number of nitrogens with one attached hydrogen (secondary N) is 2. The molecule has 0 saturated carbocycles. The standard InChI is InChI=1S/C8H8N4O/c1-9-8-10-4-5-2-3-6(13)11-7(5)12-8/h2-4H,1H3,(H2,9,10,11,12,13). The zero-order chi connectivity index (χ0) is 9.26. The predicted octanol–water partition coefficient (Wildman–Crippen LogP) is 0.360. The summed E-state index contributed by atoms with van der Waals surface area (Å²) in [6.45, 7) is 0. The fraction of sp³-hybridized carbons (Fsp3) is 0.125. The van der Waals surface area contributed by atoms with Gasteiger partial charge in [0.1, 0.15) is 5.65 Å². The Hall–Kier alpha value is -1.91. The highest BCUT2D eigenvalue weighted by molar-refractivity contribution is 5.73. The van der Waals surface area contributed by atoms with Crippen LogP contribution >= 0.6 is 0 Å². The second kappa shape index (κ2) is 2.85. The Kier molecular flexibility index (Phi) is 1.70. The highest BCUT2D eigenvalue weighted by Gasteiger charge is 1.97. The first-order chi connectivity index (χ1) is 6.29. The van der Waals surface area contributed by atoms with Gasteiger partial charge in [-0.05, 0) is 6.07 Å². The number of rotatable bonds is 1. The molecular weight excluding hydrogens is 168 g/mol. The molecule has 2 N–H and O–H groups in total. The molecule has 0 aliphatic heterocycles. The molecule has 0 saturated heterocycles. The van der Waals surface area contributed by atoms with Crippen LogP contribution in [0.5, 0.6) is 0 Å². The van der Waals surface area contributed by atoms with E-state index in [4.69, 9.17) is 0 Å². The zero-order valence-corrected chi connectivity index (χ0v) is 7.03. The third-order valence-corrected chi connectivity index (χ3v) is 1.70. The molecule has 0 spiro atoms. The van der Waals surface area contributed by atoms with Crippen molar-refractivity contribution in [1.82, 2.24) is 15.0 Å². The lowest BCUT2D eigenvalue weighted by molar-refractivity contribution is 1.15.